The number of anilines is 2. The molecular formula is C15H17FN2O. The van der Waals surface area contributed by atoms with Crippen LogP contribution < -0.4 is 15.4 Å². The second-order valence-electron chi connectivity index (χ2n) is 4.37. The van der Waals surface area contributed by atoms with Crippen LogP contribution in [-0.4, -0.2) is 14.2 Å². The maximum Gasteiger partial charge on any atom is 0.146 e. The molecule has 0 aliphatic rings. The molecule has 0 amide bonds. The molecule has 0 aliphatic carbocycles. The molecule has 0 aromatic heterocycles. The van der Waals surface area contributed by atoms with Crippen molar-refractivity contribution in [3.63, 3.8) is 0 Å². The second-order valence-corrected chi connectivity index (χ2v) is 4.37. The van der Waals surface area contributed by atoms with E-state index in [4.69, 9.17) is 10.5 Å². The summed E-state index contributed by atoms with van der Waals surface area (Å²) in [6.45, 7) is 0.518. The van der Waals surface area contributed by atoms with Gasteiger partial charge in [-0.25, -0.2) is 4.39 Å². The predicted molar refractivity (Wildman–Crippen MR) is 75.9 cm³/mol. The summed E-state index contributed by atoms with van der Waals surface area (Å²) in [6.07, 6.45) is 0. The largest absolute Gasteiger partial charge is 0.497 e. The molecule has 2 N–H and O–H groups in total. The zero-order chi connectivity index (χ0) is 13.8. The molecule has 0 unspecified atom stereocenters. The number of hydrogen-bond donors (Lipinski definition) is 1. The third-order valence-electron chi connectivity index (χ3n) is 3.02. The van der Waals surface area contributed by atoms with E-state index in [2.05, 4.69) is 0 Å². The number of halogens is 1. The van der Waals surface area contributed by atoms with Gasteiger partial charge in [-0.3, -0.25) is 0 Å². The fourth-order valence-electron chi connectivity index (χ4n) is 1.95. The van der Waals surface area contributed by atoms with Crippen LogP contribution in [0.1, 0.15) is 5.56 Å². The van der Waals surface area contributed by atoms with Crippen molar-refractivity contribution in [2.75, 3.05) is 24.8 Å². The highest BCUT2D eigenvalue weighted by atomic mass is 19.1. The summed E-state index contributed by atoms with van der Waals surface area (Å²) in [6, 6.07) is 12.1. The van der Waals surface area contributed by atoms with Crippen molar-refractivity contribution in [2.24, 2.45) is 0 Å². The summed E-state index contributed by atoms with van der Waals surface area (Å²) in [5.41, 5.74) is 8.06. The number of nitrogen functional groups attached to an aromatic ring is 1. The van der Waals surface area contributed by atoms with Gasteiger partial charge in [-0.2, -0.15) is 0 Å². The molecule has 19 heavy (non-hydrogen) atoms. The Morgan fingerprint density at radius 2 is 1.95 bits per heavy atom. The fourth-order valence-corrected chi connectivity index (χ4v) is 1.95. The van der Waals surface area contributed by atoms with Crippen molar-refractivity contribution in [1.82, 2.24) is 0 Å². The topological polar surface area (TPSA) is 38.5 Å². The van der Waals surface area contributed by atoms with Crippen molar-refractivity contribution in [1.29, 1.82) is 0 Å². The minimum atomic E-state index is -0.244. The first kappa shape index (κ1) is 13.2. The molecule has 0 radical (unpaired) electrons. The van der Waals surface area contributed by atoms with Gasteiger partial charge in [-0.05, 0) is 35.9 Å². The molecular weight excluding hydrogens is 243 g/mol. The molecule has 3 nitrogen and oxygen atoms in total. The van der Waals surface area contributed by atoms with Crippen LogP contribution in [-0.2, 0) is 6.54 Å². The summed E-state index contributed by atoms with van der Waals surface area (Å²) in [7, 11) is 3.44. The Kier molecular flexibility index (Phi) is 3.90. The van der Waals surface area contributed by atoms with E-state index >= 15 is 0 Å². The Morgan fingerprint density at radius 3 is 2.63 bits per heavy atom. The van der Waals surface area contributed by atoms with Crippen molar-refractivity contribution < 1.29 is 9.13 Å². The number of hydrogen-bond acceptors (Lipinski definition) is 3. The molecule has 2 aromatic rings. The SMILES string of the molecule is COc1ccc(N)c(CN(C)c2ccccc2F)c1. The van der Waals surface area contributed by atoms with Crippen LogP contribution in [0.2, 0.25) is 0 Å². The third-order valence-corrected chi connectivity index (χ3v) is 3.02. The molecule has 0 saturated carbocycles. The van der Waals surface area contributed by atoms with Crippen molar-refractivity contribution >= 4 is 11.4 Å². The molecule has 2 rings (SSSR count). The molecule has 0 heterocycles. The Balaban J connectivity index is 2.24. The van der Waals surface area contributed by atoms with Crippen LogP contribution in [0.15, 0.2) is 42.5 Å². The number of rotatable bonds is 4. The van der Waals surface area contributed by atoms with Gasteiger partial charge in [0, 0.05) is 19.3 Å². The molecule has 4 heteroatoms. The average Bonchev–Trinajstić information content (AvgIpc) is 2.41. The summed E-state index contributed by atoms with van der Waals surface area (Å²) < 4.78 is 18.9. The molecule has 0 spiro atoms. The highest BCUT2D eigenvalue weighted by Crippen LogP contribution is 2.24. The van der Waals surface area contributed by atoms with Crippen LogP contribution in [0.4, 0.5) is 15.8 Å². The Labute approximate surface area is 112 Å². The van der Waals surface area contributed by atoms with Gasteiger partial charge in [-0.15, -0.1) is 0 Å². The van der Waals surface area contributed by atoms with Crippen molar-refractivity contribution in [2.45, 2.75) is 6.54 Å². The quantitative estimate of drug-likeness (QED) is 0.859. The lowest BCUT2D eigenvalue weighted by molar-refractivity contribution is 0.414. The number of methoxy groups -OCH3 is 1. The van der Waals surface area contributed by atoms with Gasteiger partial charge in [0.05, 0.1) is 12.8 Å². The number of para-hydroxylation sites is 1. The second kappa shape index (κ2) is 5.61. The van der Waals surface area contributed by atoms with E-state index < -0.39 is 0 Å². The first-order valence-corrected chi connectivity index (χ1v) is 6.00. The van der Waals surface area contributed by atoms with E-state index in [1.807, 2.05) is 30.1 Å². The average molecular weight is 260 g/mol. The minimum Gasteiger partial charge on any atom is -0.497 e. The summed E-state index contributed by atoms with van der Waals surface area (Å²) >= 11 is 0. The van der Waals surface area contributed by atoms with Gasteiger partial charge < -0.3 is 15.4 Å². The summed E-state index contributed by atoms with van der Waals surface area (Å²) in [5, 5.41) is 0. The third kappa shape index (κ3) is 2.96. The number of nitrogens with zero attached hydrogens (tertiary/aromatic N) is 1. The molecule has 100 valence electrons. The maximum absolute atomic E-state index is 13.7. The monoisotopic (exact) mass is 260 g/mol. The number of benzene rings is 2. The van der Waals surface area contributed by atoms with E-state index in [1.54, 1.807) is 25.3 Å². The van der Waals surface area contributed by atoms with Gasteiger partial charge in [0.1, 0.15) is 11.6 Å². The van der Waals surface area contributed by atoms with E-state index in [1.165, 1.54) is 6.07 Å². The minimum absolute atomic E-state index is 0.244. The summed E-state index contributed by atoms with van der Waals surface area (Å²) in [5.74, 6) is 0.498. The van der Waals surface area contributed by atoms with Crippen LogP contribution in [0.3, 0.4) is 0 Å². The molecule has 0 fully saturated rings. The van der Waals surface area contributed by atoms with Gasteiger partial charge in [0.15, 0.2) is 0 Å². The highest BCUT2D eigenvalue weighted by molar-refractivity contribution is 5.54. The standard InChI is InChI=1S/C15H17FN2O/c1-18(15-6-4-3-5-13(15)16)10-11-9-12(19-2)7-8-14(11)17/h3-9H,10,17H2,1-2H3. The van der Waals surface area contributed by atoms with Crippen LogP contribution >= 0.6 is 0 Å². The van der Waals surface area contributed by atoms with Gasteiger partial charge >= 0.3 is 0 Å². The van der Waals surface area contributed by atoms with E-state index in [9.17, 15) is 4.39 Å². The van der Waals surface area contributed by atoms with Crippen molar-refractivity contribution in [3.05, 3.63) is 53.8 Å². The Morgan fingerprint density at radius 1 is 1.21 bits per heavy atom. The Hall–Kier alpha value is -2.23. The normalized spacial score (nSPS) is 10.3. The van der Waals surface area contributed by atoms with E-state index in [0.717, 1.165) is 11.3 Å². The Bertz CT molecular complexity index is 572. The number of nitrogens with two attached hydrogens (primary N) is 1. The fraction of sp³-hybridized carbons (Fsp3) is 0.200. The molecule has 2 aromatic carbocycles. The lowest BCUT2D eigenvalue weighted by Gasteiger charge is -2.21. The van der Waals surface area contributed by atoms with Gasteiger partial charge in [-0.1, -0.05) is 12.1 Å². The molecule has 0 atom stereocenters. The lowest BCUT2D eigenvalue weighted by atomic mass is 10.1. The molecule has 0 bridgehead atoms. The van der Waals surface area contributed by atoms with Gasteiger partial charge in [0.25, 0.3) is 0 Å². The van der Waals surface area contributed by atoms with Crippen LogP contribution in [0.25, 0.3) is 0 Å². The van der Waals surface area contributed by atoms with Crippen LogP contribution in [0.5, 0.6) is 5.75 Å². The zero-order valence-electron chi connectivity index (χ0n) is 11.1. The van der Waals surface area contributed by atoms with Crippen molar-refractivity contribution in [3.8, 4) is 5.75 Å². The van der Waals surface area contributed by atoms with E-state index in [-0.39, 0.29) is 5.82 Å². The maximum atomic E-state index is 13.7. The van der Waals surface area contributed by atoms with Crippen LogP contribution in [0, 0.1) is 5.82 Å². The smallest absolute Gasteiger partial charge is 0.146 e. The molecule has 0 saturated heterocycles. The van der Waals surface area contributed by atoms with Gasteiger partial charge in [0.2, 0.25) is 0 Å². The number of ether oxygens (including phenoxy) is 1. The first-order chi connectivity index (χ1) is 9.11. The van der Waals surface area contributed by atoms with E-state index in [0.29, 0.717) is 17.9 Å². The first-order valence-electron chi connectivity index (χ1n) is 6.00. The zero-order valence-corrected chi connectivity index (χ0v) is 11.1. The molecule has 0 aliphatic heterocycles. The highest BCUT2D eigenvalue weighted by Gasteiger charge is 2.09. The lowest BCUT2D eigenvalue weighted by Crippen LogP contribution is -2.18. The predicted octanol–water partition coefficient (Wildman–Crippen LogP) is 3.05. The summed E-state index contributed by atoms with van der Waals surface area (Å²) in [4.78, 5) is 1.82.